The Hall–Kier alpha value is -3.53. The second-order valence-electron chi connectivity index (χ2n) is 5.33. The molecule has 27 heavy (non-hydrogen) atoms. The molecule has 0 bridgehead atoms. The van der Waals surface area contributed by atoms with Gasteiger partial charge in [-0.1, -0.05) is 18.2 Å². The van der Waals surface area contributed by atoms with Crippen molar-refractivity contribution in [1.82, 2.24) is 0 Å². The number of anilines is 1. The molecule has 0 aromatic heterocycles. The molecule has 7 nitrogen and oxygen atoms in total. The first kappa shape index (κ1) is 19.8. The number of carbonyl (C=O) groups is 2. The summed E-state index contributed by atoms with van der Waals surface area (Å²) in [5.41, 5.74) is 0.561. The average molecular weight is 368 g/mol. The fourth-order valence-corrected chi connectivity index (χ4v) is 2.20. The maximum atomic E-state index is 12.3. The van der Waals surface area contributed by atoms with E-state index >= 15 is 0 Å². The summed E-state index contributed by atoms with van der Waals surface area (Å²) in [6.07, 6.45) is 0. The lowest BCUT2D eigenvalue weighted by atomic mass is 10.3. The molecule has 0 atom stereocenters. The first-order valence-electron chi connectivity index (χ1n) is 8.37. The predicted octanol–water partition coefficient (Wildman–Crippen LogP) is 2.56. The van der Waals surface area contributed by atoms with Crippen LogP contribution in [0.4, 0.5) is 5.69 Å². The highest BCUT2D eigenvalue weighted by Gasteiger charge is 2.17. The van der Waals surface area contributed by atoms with Gasteiger partial charge in [-0.3, -0.25) is 9.69 Å². The monoisotopic (exact) mass is 368 g/mol. The predicted molar refractivity (Wildman–Crippen MR) is 98.5 cm³/mol. The number of carbonyl (C=O) groups excluding carboxylic acids is 2. The highest BCUT2D eigenvalue weighted by atomic mass is 16.6. The molecule has 2 rings (SSSR count). The Morgan fingerprint density at radius 2 is 1.59 bits per heavy atom. The van der Waals surface area contributed by atoms with Crippen molar-refractivity contribution >= 4 is 17.6 Å². The van der Waals surface area contributed by atoms with E-state index < -0.39 is 18.5 Å². The van der Waals surface area contributed by atoms with Crippen LogP contribution in [0.25, 0.3) is 0 Å². The third kappa shape index (κ3) is 6.36. The third-order valence-corrected chi connectivity index (χ3v) is 3.45. The minimum Gasteiger partial charge on any atom is -0.494 e. The van der Waals surface area contributed by atoms with Crippen LogP contribution in [0.1, 0.15) is 6.92 Å². The quantitative estimate of drug-likeness (QED) is 0.499. The Bertz CT molecular complexity index is 784. The van der Waals surface area contributed by atoms with Crippen molar-refractivity contribution in [3.63, 3.8) is 0 Å². The highest BCUT2D eigenvalue weighted by molar-refractivity contribution is 5.95. The summed E-state index contributed by atoms with van der Waals surface area (Å²) in [5, 5.41) is 8.91. The van der Waals surface area contributed by atoms with E-state index in [1.165, 1.54) is 4.90 Å². The van der Waals surface area contributed by atoms with E-state index in [0.29, 0.717) is 23.8 Å². The molecule has 0 fully saturated rings. The van der Waals surface area contributed by atoms with Crippen LogP contribution in [-0.4, -0.2) is 38.2 Å². The number of para-hydroxylation sites is 1. The topological polar surface area (TPSA) is 88.9 Å². The molecule has 0 spiro atoms. The van der Waals surface area contributed by atoms with Crippen LogP contribution in [-0.2, 0) is 14.3 Å². The summed E-state index contributed by atoms with van der Waals surface area (Å²) >= 11 is 0. The average Bonchev–Trinajstić information content (AvgIpc) is 2.70. The molecular weight excluding hydrogens is 348 g/mol. The molecule has 2 aromatic carbocycles. The van der Waals surface area contributed by atoms with Crippen LogP contribution in [0.5, 0.6) is 11.5 Å². The molecule has 0 aliphatic heterocycles. The van der Waals surface area contributed by atoms with Gasteiger partial charge in [0.15, 0.2) is 13.2 Å². The number of rotatable bonds is 9. The van der Waals surface area contributed by atoms with Crippen molar-refractivity contribution < 1.29 is 23.8 Å². The van der Waals surface area contributed by atoms with Crippen LogP contribution in [0, 0.1) is 11.3 Å². The van der Waals surface area contributed by atoms with Gasteiger partial charge < -0.3 is 14.2 Å². The summed E-state index contributed by atoms with van der Waals surface area (Å²) in [6, 6.07) is 17.4. The zero-order valence-electron chi connectivity index (χ0n) is 15.0. The van der Waals surface area contributed by atoms with E-state index in [9.17, 15) is 9.59 Å². The van der Waals surface area contributed by atoms with E-state index in [-0.39, 0.29) is 13.2 Å². The van der Waals surface area contributed by atoms with Gasteiger partial charge in [0.25, 0.3) is 5.91 Å². The number of ether oxygens (including phenoxy) is 3. The van der Waals surface area contributed by atoms with Crippen molar-refractivity contribution in [1.29, 1.82) is 5.26 Å². The molecular formula is C20H20N2O5. The minimum absolute atomic E-state index is 0.136. The number of benzene rings is 2. The van der Waals surface area contributed by atoms with E-state index in [2.05, 4.69) is 0 Å². The first-order valence-corrected chi connectivity index (χ1v) is 8.37. The first-order chi connectivity index (χ1) is 13.1. The lowest BCUT2D eigenvalue weighted by Gasteiger charge is -2.19. The van der Waals surface area contributed by atoms with Gasteiger partial charge in [0.2, 0.25) is 0 Å². The van der Waals surface area contributed by atoms with E-state index in [1.807, 2.05) is 13.0 Å². The molecule has 0 saturated carbocycles. The largest absolute Gasteiger partial charge is 0.494 e. The Morgan fingerprint density at radius 3 is 2.19 bits per heavy atom. The fourth-order valence-electron chi connectivity index (χ4n) is 2.20. The molecule has 0 aliphatic rings. The van der Waals surface area contributed by atoms with Crippen molar-refractivity contribution in [2.24, 2.45) is 0 Å². The van der Waals surface area contributed by atoms with E-state index in [0.717, 1.165) is 0 Å². The van der Waals surface area contributed by atoms with Gasteiger partial charge in [-0.05, 0) is 43.3 Å². The Kier molecular flexibility index (Phi) is 7.67. The molecule has 0 heterocycles. The summed E-state index contributed by atoms with van der Waals surface area (Å²) in [5.74, 6) is 0.0213. The van der Waals surface area contributed by atoms with Crippen molar-refractivity contribution in [3.8, 4) is 17.6 Å². The molecule has 0 saturated heterocycles. The second-order valence-corrected chi connectivity index (χ2v) is 5.33. The van der Waals surface area contributed by atoms with Crippen LogP contribution in [0.3, 0.4) is 0 Å². The molecule has 2 aromatic rings. The van der Waals surface area contributed by atoms with Gasteiger partial charge in [0.1, 0.15) is 18.0 Å². The fraction of sp³-hybridized carbons (Fsp3) is 0.250. The highest BCUT2D eigenvalue weighted by Crippen LogP contribution is 2.17. The Morgan fingerprint density at radius 1 is 0.963 bits per heavy atom. The second kappa shape index (κ2) is 10.5. The van der Waals surface area contributed by atoms with E-state index in [4.69, 9.17) is 19.5 Å². The van der Waals surface area contributed by atoms with Gasteiger partial charge in [0.05, 0.1) is 12.7 Å². The number of esters is 1. The molecule has 0 unspecified atom stereocenters. The summed E-state index contributed by atoms with van der Waals surface area (Å²) in [4.78, 5) is 25.3. The molecule has 0 N–H and O–H groups in total. The Labute approximate surface area is 157 Å². The van der Waals surface area contributed by atoms with Crippen molar-refractivity contribution in [3.05, 3.63) is 54.6 Å². The number of hydrogen-bond acceptors (Lipinski definition) is 6. The molecule has 0 radical (unpaired) electrons. The van der Waals surface area contributed by atoms with Crippen LogP contribution in [0.2, 0.25) is 0 Å². The number of amides is 1. The lowest BCUT2D eigenvalue weighted by molar-refractivity contribution is -0.149. The summed E-state index contributed by atoms with van der Waals surface area (Å²) in [7, 11) is 0. The summed E-state index contributed by atoms with van der Waals surface area (Å²) in [6.45, 7) is 1.51. The molecule has 0 aliphatic carbocycles. The number of nitrogens with zero attached hydrogens (tertiary/aromatic N) is 2. The summed E-state index contributed by atoms with van der Waals surface area (Å²) < 4.78 is 15.6. The molecule has 140 valence electrons. The van der Waals surface area contributed by atoms with Gasteiger partial charge >= 0.3 is 5.97 Å². The van der Waals surface area contributed by atoms with Crippen molar-refractivity contribution in [2.45, 2.75) is 6.92 Å². The molecule has 1 amide bonds. The zero-order chi connectivity index (χ0) is 19.5. The van der Waals surface area contributed by atoms with Crippen LogP contribution < -0.4 is 14.4 Å². The zero-order valence-corrected chi connectivity index (χ0v) is 15.0. The van der Waals surface area contributed by atoms with Crippen LogP contribution in [0.15, 0.2) is 54.6 Å². The maximum Gasteiger partial charge on any atom is 0.344 e. The lowest BCUT2D eigenvalue weighted by Crippen LogP contribution is -2.35. The van der Waals surface area contributed by atoms with Crippen molar-refractivity contribution in [2.75, 3.05) is 31.3 Å². The maximum absolute atomic E-state index is 12.3. The third-order valence-electron chi connectivity index (χ3n) is 3.45. The SMILES string of the molecule is CCOc1ccc(OCC(=O)OCC(=O)N(CC#N)c2ccccc2)cc1. The Balaban J connectivity index is 1.81. The minimum atomic E-state index is -0.679. The standard InChI is InChI=1S/C20H20N2O5/c1-2-25-17-8-10-18(11-9-17)26-15-20(24)27-14-19(23)22(13-12-21)16-6-4-3-5-7-16/h3-11H,2,13-15H2,1H3. The van der Waals surface area contributed by atoms with Gasteiger partial charge in [-0.2, -0.15) is 5.26 Å². The van der Waals surface area contributed by atoms with Gasteiger partial charge in [-0.15, -0.1) is 0 Å². The van der Waals surface area contributed by atoms with Gasteiger partial charge in [0, 0.05) is 5.69 Å². The van der Waals surface area contributed by atoms with Crippen LogP contribution >= 0.6 is 0 Å². The molecule has 7 heteroatoms. The van der Waals surface area contributed by atoms with E-state index in [1.54, 1.807) is 54.6 Å². The normalized spacial score (nSPS) is 9.78. The smallest absolute Gasteiger partial charge is 0.344 e. The number of nitriles is 1. The van der Waals surface area contributed by atoms with Gasteiger partial charge in [-0.25, -0.2) is 4.79 Å². The number of hydrogen-bond donors (Lipinski definition) is 0.